The fourth-order valence-corrected chi connectivity index (χ4v) is 3.11. The van der Waals surface area contributed by atoms with Crippen LogP contribution in [-0.2, 0) is 0 Å². The number of fused-ring (bicyclic) bond motifs is 2. The molecule has 1 aliphatic carbocycles. The molecular formula is C17H17N7. The highest BCUT2D eigenvalue weighted by Gasteiger charge is 2.17. The van der Waals surface area contributed by atoms with Gasteiger partial charge in [-0.2, -0.15) is 0 Å². The second-order valence-electron chi connectivity index (χ2n) is 6.30. The maximum atomic E-state index is 4.56. The van der Waals surface area contributed by atoms with Crippen molar-refractivity contribution in [2.75, 3.05) is 11.9 Å². The van der Waals surface area contributed by atoms with Crippen molar-refractivity contribution < 1.29 is 0 Å². The molecule has 0 atom stereocenters. The highest BCUT2D eigenvalue weighted by atomic mass is 15.3. The molecule has 0 amide bonds. The van der Waals surface area contributed by atoms with Gasteiger partial charge in [0, 0.05) is 48.7 Å². The Kier molecular flexibility index (Phi) is 2.97. The first-order valence-electron chi connectivity index (χ1n) is 8.24. The van der Waals surface area contributed by atoms with Gasteiger partial charge in [-0.05, 0) is 24.8 Å². The molecule has 1 saturated carbocycles. The molecule has 4 heterocycles. The zero-order valence-electron chi connectivity index (χ0n) is 13.1. The van der Waals surface area contributed by atoms with E-state index in [1.807, 2.05) is 46.0 Å². The molecule has 7 heteroatoms. The first-order valence-corrected chi connectivity index (χ1v) is 8.24. The lowest BCUT2D eigenvalue weighted by Crippen LogP contribution is -2.22. The van der Waals surface area contributed by atoms with Gasteiger partial charge >= 0.3 is 0 Å². The molecule has 5 rings (SSSR count). The Hall–Kier alpha value is -2.96. The Morgan fingerprint density at radius 1 is 1.12 bits per heavy atom. The molecule has 0 saturated heterocycles. The van der Waals surface area contributed by atoms with Crippen LogP contribution in [0.3, 0.4) is 0 Å². The summed E-state index contributed by atoms with van der Waals surface area (Å²) in [5.41, 5.74) is 3.04. The number of aromatic nitrogens is 6. The van der Waals surface area contributed by atoms with Gasteiger partial charge in [0.1, 0.15) is 0 Å². The van der Waals surface area contributed by atoms with Gasteiger partial charge in [0.15, 0.2) is 0 Å². The molecule has 4 aromatic rings. The molecule has 7 nitrogen and oxygen atoms in total. The van der Waals surface area contributed by atoms with E-state index in [0.717, 1.165) is 29.1 Å². The Morgan fingerprint density at radius 3 is 2.96 bits per heavy atom. The summed E-state index contributed by atoms with van der Waals surface area (Å²) in [6.45, 7) is 0.959. The van der Waals surface area contributed by atoms with Crippen LogP contribution in [0, 0.1) is 5.92 Å². The lowest BCUT2D eigenvalue weighted by atomic mass is 9.85. The van der Waals surface area contributed by atoms with Crippen LogP contribution >= 0.6 is 0 Å². The van der Waals surface area contributed by atoms with E-state index in [2.05, 4.69) is 25.4 Å². The lowest BCUT2D eigenvalue weighted by molar-refractivity contribution is 0.333. The summed E-state index contributed by atoms with van der Waals surface area (Å²) in [4.78, 5) is 13.0. The van der Waals surface area contributed by atoms with Crippen molar-refractivity contribution >= 4 is 17.2 Å². The fourth-order valence-electron chi connectivity index (χ4n) is 3.11. The Labute approximate surface area is 138 Å². The summed E-state index contributed by atoms with van der Waals surface area (Å²) in [5.74, 6) is 2.15. The molecule has 0 aliphatic heterocycles. The van der Waals surface area contributed by atoms with Gasteiger partial charge in [-0.1, -0.05) is 6.42 Å². The molecule has 1 fully saturated rings. The van der Waals surface area contributed by atoms with Gasteiger partial charge in [0.05, 0.1) is 11.7 Å². The van der Waals surface area contributed by atoms with Crippen molar-refractivity contribution in [3.63, 3.8) is 0 Å². The third-order valence-electron chi connectivity index (χ3n) is 4.75. The summed E-state index contributed by atoms with van der Waals surface area (Å²) in [6.07, 6.45) is 15.3. The first kappa shape index (κ1) is 13.5. The van der Waals surface area contributed by atoms with Crippen molar-refractivity contribution in [3.8, 4) is 11.1 Å². The summed E-state index contributed by atoms with van der Waals surface area (Å²) in [7, 11) is 0. The van der Waals surface area contributed by atoms with Crippen LogP contribution < -0.4 is 5.32 Å². The molecule has 24 heavy (non-hydrogen) atoms. The summed E-state index contributed by atoms with van der Waals surface area (Å²) in [5, 5.41) is 7.90. The summed E-state index contributed by atoms with van der Waals surface area (Å²) < 4.78 is 3.78. The largest absolute Gasteiger partial charge is 0.353 e. The predicted molar refractivity (Wildman–Crippen MR) is 90.8 cm³/mol. The topological polar surface area (TPSA) is 72.4 Å². The average molecular weight is 319 g/mol. The second kappa shape index (κ2) is 5.30. The number of nitrogens with zero attached hydrogens (tertiary/aromatic N) is 6. The number of nitrogens with one attached hydrogen (secondary N) is 1. The van der Waals surface area contributed by atoms with Gasteiger partial charge in [0.2, 0.25) is 11.7 Å². The predicted octanol–water partition coefficient (Wildman–Crippen LogP) is 2.65. The van der Waals surface area contributed by atoms with E-state index in [9.17, 15) is 0 Å². The van der Waals surface area contributed by atoms with Crippen LogP contribution in [0.1, 0.15) is 19.3 Å². The van der Waals surface area contributed by atoms with Crippen LogP contribution in [0.15, 0.2) is 43.2 Å². The molecule has 120 valence electrons. The van der Waals surface area contributed by atoms with E-state index < -0.39 is 0 Å². The van der Waals surface area contributed by atoms with E-state index in [-0.39, 0.29) is 0 Å². The van der Waals surface area contributed by atoms with E-state index in [0.29, 0.717) is 11.7 Å². The van der Waals surface area contributed by atoms with E-state index in [1.54, 1.807) is 6.20 Å². The summed E-state index contributed by atoms with van der Waals surface area (Å²) in [6, 6.07) is 2.04. The minimum atomic E-state index is 0.680. The van der Waals surface area contributed by atoms with Crippen molar-refractivity contribution in [3.05, 3.63) is 43.2 Å². The lowest BCUT2D eigenvalue weighted by Gasteiger charge is -2.25. The molecular weight excluding hydrogens is 302 g/mol. The fraction of sp³-hybridized carbons (Fsp3) is 0.294. The zero-order valence-corrected chi connectivity index (χ0v) is 13.1. The first-order chi connectivity index (χ1) is 11.9. The molecule has 0 spiro atoms. The normalized spacial score (nSPS) is 15.0. The minimum absolute atomic E-state index is 0.680. The number of rotatable bonds is 4. The van der Waals surface area contributed by atoms with Gasteiger partial charge < -0.3 is 5.32 Å². The Balaban J connectivity index is 1.47. The molecule has 0 bridgehead atoms. The SMILES string of the molecule is c1cn2cc(-c3ccn4nc(NCC5CCC5)ncc34)cnc2n1. The van der Waals surface area contributed by atoms with Crippen LogP contribution in [0.2, 0.25) is 0 Å². The molecule has 4 aromatic heterocycles. The monoisotopic (exact) mass is 319 g/mol. The smallest absolute Gasteiger partial charge is 0.241 e. The van der Waals surface area contributed by atoms with E-state index >= 15 is 0 Å². The molecule has 0 unspecified atom stereocenters. The number of imidazole rings is 1. The second-order valence-corrected chi connectivity index (χ2v) is 6.30. The van der Waals surface area contributed by atoms with Crippen LogP contribution in [0.4, 0.5) is 5.95 Å². The maximum absolute atomic E-state index is 4.56. The van der Waals surface area contributed by atoms with Gasteiger partial charge in [-0.3, -0.25) is 4.40 Å². The van der Waals surface area contributed by atoms with Crippen LogP contribution in [0.5, 0.6) is 0 Å². The number of hydrogen-bond acceptors (Lipinski definition) is 5. The average Bonchev–Trinajstić information content (AvgIpc) is 3.18. The maximum Gasteiger partial charge on any atom is 0.241 e. The molecule has 0 aromatic carbocycles. The summed E-state index contributed by atoms with van der Waals surface area (Å²) >= 11 is 0. The van der Waals surface area contributed by atoms with E-state index in [1.165, 1.54) is 19.3 Å². The number of hydrogen-bond donors (Lipinski definition) is 1. The molecule has 0 radical (unpaired) electrons. The van der Waals surface area contributed by atoms with Crippen molar-refractivity contribution in [1.29, 1.82) is 0 Å². The van der Waals surface area contributed by atoms with Crippen molar-refractivity contribution in [1.82, 2.24) is 29.0 Å². The van der Waals surface area contributed by atoms with Crippen molar-refractivity contribution in [2.24, 2.45) is 5.92 Å². The molecule has 1 N–H and O–H groups in total. The standard InChI is InChI=1S/C17H17N7/c1-2-12(3-1)8-19-16-20-10-15-14(4-6-24(15)22-16)13-9-21-17-18-5-7-23(17)11-13/h4-7,9-12H,1-3,8H2,(H,19,22). The van der Waals surface area contributed by atoms with E-state index in [4.69, 9.17) is 0 Å². The highest BCUT2D eigenvalue weighted by Crippen LogP contribution is 2.27. The zero-order chi connectivity index (χ0) is 15.9. The highest BCUT2D eigenvalue weighted by molar-refractivity contribution is 5.79. The molecule has 1 aliphatic rings. The van der Waals surface area contributed by atoms with Crippen molar-refractivity contribution in [2.45, 2.75) is 19.3 Å². The third kappa shape index (κ3) is 2.20. The Bertz CT molecular complexity index is 1010. The Morgan fingerprint density at radius 2 is 2.08 bits per heavy atom. The van der Waals surface area contributed by atoms with Crippen LogP contribution in [0.25, 0.3) is 22.4 Å². The van der Waals surface area contributed by atoms with Gasteiger partial charge in [-0.15, -0.1) is 5.10 Å². The number of anilines is 1. The third-order valence-corrected chi connectivity index (χ3v) is 4.75. The van der Waals surface area contributed by atoms with Gasteiger partial charge in [0.25, 0.3) is 0 Å². The van der Waals surface area contributed by atoms with Crippen LogP contribution in [-0.4, -0.2) is 35.5 Å². The quantitative estimate of drug-likeness (QED) is 0.626. The van der Waals surface area contributed by atoms with Gasteiger partial charge in [-0.25, -0.2) is 19.5 Å². The minimum Gasteiger partial charge on any atom is -0.353 e.